The first-order valence-corrected chi connectivity index (χ1v) is 7.98. The van der Waals surface area contributed by atoms with Gasteiger partial charge in [-0.1, -0.05) is 0 Å². The minimum atomic E-state index is -9.47. The van der Waals surface area contributed by atoms with E-state index in [1.807, 2.05) is 0 Å². The second kappa shape index (κ2) is 8.68. The molecule has 1 N–H and O–H groups in total. The molecule has 25 heteroatoms. The number of hydrogen-bond donors (Lipinski definition) is 1. The first-order valence-electron chi connectivity index (χ1n) is 7.98. The van der Waals surface area contributed by atoms with Crippen LogP contribution in [0.1, 0.15) is 6.42 Å². The van der Waals surface area contributed by atoms with E-state index in [2.05, 4.69) is 0 Å². The lowest BCUT2D eigenvalue weighted by Gasteiger charge is -2.45. The van der Waals surface area contributed by atoms with Crippen LogP contribution in [0.4, 0.5) is 101 Å². The summed E-state index contributed by atoms with van der Waals surface area (Å²) in [5.41, 5.74) is 0. The minimum Gasteiger partial charge on any atom is -0.481 e. The number of alkyl halides is 23. The van der Waals surface area contributed by atoms with Crippen LogP contribution in [0, 0.1) is 0 Å². The summed E-state index contributed by atoms with van der Waals surface area (Å²) in [6.45, 7) is 0. The van der Waals surface area contributed by atoms with E-state index in [9.17, 15) is 106 Å². The number of aliphatic carboxylic acids is 1. The molecule has 0 aromatic carbocycles. The van der Waals surface area contributed by atoms with Gasteiger partial charge in [0.2, 0.25) is 0 Å². The van der Waals surface area contributed by atoms with Crippen molar-refractivity contribution in [1.82, 2.24) is 0 Å². The number of carbonyl (C=O) groups is 1. The predicted molar refractivity (Wildman–Crippen MR) is 67.8 cm³/mol. The van der Waals surface area contributed by atoms with Crippen molar-refractivity contribution in [2.24, 2.45) is 0 Å². The predicted octanol–water partition coefficient (Wildman–Crippen LogP) is 7.38. The first-order chi connectivity index (χ1) is 15.9. The largest absolute Gasteiger partial charge is 0.481 e. The molecule has 0 radical (unpaired) electrons. The van der Waals surface area contributed by atoms with Gasteiger partial charge in [0.1, 0.15) is 6.42 Å². The molecule has 0 aliphatic carbocycles. The lowest BCUT2D eigenvalue weighted by atomic mass is 9.85. The van der Waals surface area contributed by atoms with Gasteiger partial charge in [0, 0.05) is 0 Å². The molecule has 0 aromatic heterocycles. The van der Waals surface area contributed by atoms with E-state index in [1.54, 1.807) is 0 Å². The molecule has 0 aliphatic rings. The Morgan fingerprint density at radius 3 is 0.737 bits per heavy atom. The molecule has 0 spiro atoms. The van der Waals surface area contributed by atoms with Gasteiger partial charge in [-0.2, -0.15) is 101 Å². The SMILES string of the molecule is O=C(O)CC(F)(F)C(F)(F)C(F)(F)C(F)(F)C(F)(F)C(F)(F)C(F)(F)C(F)(F)C(F)(F)C(F)(F)C(F)(F)F. The van der Waals surface area contributed by atoms with Crippen molar-refractivity contribution in [1.29, 1.82) is 0 Å². The molecular weight excluding hydrogens is 625 g/mol. The Hall–Kier alpha value is -2.14. The van der Waals surface area contributed by atoms with Crippen LogP contribution in [-0.4, -0.2) is 76.5 Å². The molecular formula is C13H3F23O2. The van der Waals surface area contributed by atoms with Gasteiger partial charge in [0.15, 0.2) is 0 Å². The third-order valence-electron chi connectivity index (χ3n) is 4.34. The quantitative estimate of drug-likeness (QED) is 0.243. The topological polar surface area (TPSA) is 37.3 Å². The summed E-state index contributed by atoms with van der Waals surface area (Å²) in [6.07, 6.45) is -11.8. The summed E-state index contributed by atoms with van der Waals surface area (Å²) >= 11 is 0. The summed E-state index contributed by atoms with van der Waals surface area (Å²) in [5.74, 6) is -92.2. The highest BCUT2D eigenvalue weighted by molar-refractivity contribution is 5.68. The van der Waals surface area contributed by atoms with E-state index < -0.39 is 77.8 Å². The highest BCUT2D eigenvalue weighted by Gasteiger charge is 2.98. The maximum Gasteiger partial charge on any atom is 0.460 e. The maximum atomic E-state index is 13.5. The number of carboxylic acids is 1. The first kappa shape index (κ1) is 35.9. The third kappa shape index (κ3) is 4.24. The Kier molecular flexibility index (Phi) is 8.19. The second-order valence-electron chi connectivity index (χ2n) is 6.94. The van der Waals surface area contributed by atoms with Crippen LogP contribution < -0.4 is 0 Å². The molecule has 0 saturated carbocycles. The number of rotatable bonds is 11. The van der Waals surface area contributed by atoms with Crippen LogP contribution in [0.15, 0.2) is 0 Å². The molecule has 2 nitrogen and oxygen atoms in total. The van der Waals surface area contributed by atoms with Crippen molar-refractivity contribution in [2.75, 3.05) is 0 Å². The molecule has 0 amide bonds. The van der Waals surface area contributed by atoms with Crippen LogP contribution >= 0.6 is 0 Å². The van der Waals surface area contributed by atoms with Crippen molar-refractivity contribution in [3.63, 3.8) is 0 Å². The van der Waals surface area contributed by atoms with E-state index in [1.165, 1.54) is 0 Å². The van der Waals surface area contributed by atoms with Gasteiger partial charge in [-0.05, 0) is 0 Å². The van der Waals surface area contributed by atoms with E-state index in [-0.39, 0.29) is 0 Å². The van der Waals surface area contributed by atoms with Crippen molar-refractivity contribution in [3.8, 4) is 0 Å². The molecule has 38 heavy (non-hydrogen) atoms. The molecule has 0 aromatic rings. The van der Waals surface area contributed by atoms with Crippen LogP contribution in [0.5, 0.6) is 0 Å². The van der Waals surface area contributed by atoms with Crippen LogP contribution in [0.3, 0.4) is 0 Å². The lowest BCUT2D eigenvalue weighted by Crippen LogP contribution is -2.77. The van der Waals surface area contributed by atoms with Gasteiger partial charge < -0.3 is 5.11 Å². The highest BCUT2D eigenvalue weighted by atomic mass is 19.4. The summed E-state index contributed by atoms with van der Waals surface area (Å²) in [6, 6.07) is 0. The fourth-order valence-electron chi connectivity index (χ4n) is 2.09. The Morgan fingerprint density at radius 1 is 0.368 bits per heavy atom. The lowest BCUT2D eigenvalue weighted by molar-refractivity contribution is -0.478. The van der Waals surface area contributed by atoms with E-state index in [0.29, 0.717) is 0 Å². The molecule has 0 heterocycles. The standard InChI is InChI=1S/C13H3F23O2/c14-3(15,1-2(37)38)4(16,17)5(18,19)6(20,21)7(22,23)8(24,25)9(26,27)10(28,29)11(30,31)12(32,33)13(34,35)36/h1H2,(H,37,38). The highest BCUT2D eigenvalue weighted by Crippen LogP contribution is 2.67. The van der Waals surface area contributed by atoms with E-state index in [4.69, 9.17) is 5.11 Å². The van der Waals surface area contributed by atoms with Crippen molar-refractivity contribution in [3.05, 3.63) is 0 Å². The van der Waals surface area contributed by atoms with E-state index in [0.717, 1.165) is 0 Å². The van der Waals surface area contributed by atoms with Crippen molar-refractivity contribution < 1.29 is 111 Å². The number of halogens is 23. The van der Waals surface area contributed by atoms with Gasteiger partial charge in [-0.3, -0.25) is 4.79 Å². The number of carboxylic acid groups (broad SMARTS) is 1. The Bertz CT molecular complexity index is 895. The molecule has 0 atom stereocenters. The average Bonchev–Trinajstić information content (AvgIpc) is 2.64. The smallest absolute Gasteiger partial charge is 0.460 e. The van der Waals surface area contributed by atoms with E-state index >= 15 is 0 Å². The molecule has 228 valence electrons. The maximum absolute atomic E-state index is 13.5. The van der Waals surface area contributed by atoms with Gasteiger partial charge in [-0.25, -0.2) is 0 Å². The average molecular weight is 628 g/mol. The molecule has 0 bridgehead atoms. The summed E-state index contributed by atoms with van der Waals surface area (Å²) < 4.78 is 300. The Morgan fingerprint density at radius 2 is 0.553 bits per heavy atom. The second-order valence-corrected chi connectivity index (χ2v) is 6.94. The van der Waals surface area contributed by atoms with Gasteiger partial charge in [0.05, 0.1) is 0 Å². The molecule has 0 saturated heterocycles. The van der Waals surface area contributed by atoms with Crippen LogP contribution in [0.25, 0.3) is 0 Å². The fourth-order valence-corrected chi connectivity index (χ4v) is 2.09. The van der Waals surface area contributed by atoms with Gasteiger partial charge >= 0.3 is 71.4 Å². The molecule has 0 fully saturated rings. The Labute approximate surface area is 190 Å². The molecule has 0 unspecified atom stereocenters. The van der Waals surface area contributed by atoms with Gasteiger partial charge in [-0.15, -0.1) is 0 Å². The minimum absolute atomic E-state index is 3.33. The fraction of sp³-hybridized carbons (Fsp3) is 0.923. The zero-order chi connectivity index (χ0) is 31.8. The van der Waals surface area contributed by atoms with Crippen LogP contribution in [0.2, 0.25) is 0 Å². The Balaban J connectivity index is 7.20. The number of hydrogen-bond acceptors (Lipinski definition) is 1. The van der Waals surface area contributed by atoms with Crippen LogP contribution in [-0.2, 0) is 4.79 Å². The zero-order valence-corrected chi connectivity index (χ0v) is 16.3. The summed E-state index contributed by atoms with van der Waals surface area (Å²) in [4.78, 5) is 9.97. The zero-order valence-electron chi connectivity index (χ0n) is 16.3. The molecule has 0 rings (SSSR count). The van der Waals surface area contributed by atoms with Gasteiger partial charge in [0.25, 0.3) is 0 Å². The summed E-state index contributed by atoms with van der Waals surface area (Å²) in [7, 11) is 0. The monoisotopic (exact) mass is 628 g/mol. The molecule has 0 aliphatic heterocycles. The van der Waals surface area contributed by atoms with Crippen molar-refractivity contribution >= 4 is 5.97 Å². The van der Waals surface area contributed by atoms with Crippen molar-refractivity contribution in [2.45, 2.75) is 71.8 Å². The normalized spacial score (nSPS) is 16.6. The third-order valence-corrected chi connectivity index (χ3v) is 4.34. The summed E-state index contributed by atoms with van der Waals surface area (Å²) in [5, 5.41) is 7.86.